The second kappa shape index (κ2) is 62.1. The highest BCUT2D eigenvalue weighted by atomic mass is 16.4. The third kappa shape index (κ3) is 47.2. The van der Waals surface area contributed by atoms with Gasteiger partial charge in [-0.3, -0.25) is 96.7 Å². The Kier molecular flexibility index (Phi) is 55.3. The molecule has 0 aromatic carbocycles. The van der Waals surface area contributed by atoms with Crippen LogP contribution in [0.2, 0.25) is 0 Å². The molecule has 1 rings (SSSR count). The lowest BCUT2D eigenvalue weighted by Gasteiger charge is -2.31. The van der Waals surface area contributed by atoms with Crippen LogP contribution in [0.1, 0.15) is 225 Å². The van der Waals surface area contributed by atoms with Crippen LogP contribution in [0.4, 0.5) is 0 Å². The number of aromatic amines is 1. The molecule has 1 aromatic rings. The number of carbonyl (C=O) groups is 16. The number of primary amides is 1. The zero-order chi connectivity index (χ0) is 99.5. The largest absolute Gasteiger partial charge is 0.480 e. The van der Waals surface area contributed by atoms with Gasteiger partial charge in [0, 0.05) is 50.9 Å². The van der Waals surface area contributed by atoms with Gasteiger partial charge in [-0.25, -0.2) is 4.98 Å². The zero-order valence-electron chi connectivity index (χ0n) is 78.5. The SMILES string of the molecule is CC[C@H](C)[C@H](NC(=O)[C@H](CCCN=C(N)N)NC(=O)[C@H](CCCN=C(N)N)NC(=O)[C@H](CCCN=C(N)N)NC(=O)[C@H](CC(C)C)NC(=O)[C@@H](NC(=O)[C@@H](NC(=O)[C@H](CC(C)C)NC(=O)[C@@H](N)CC(C)C)[C@@H](C)CC)[C@@H](C)CC)C(=O)N[C@@H](CCCN=C(N)N)C(=O)N[C@@H](CCCCN)C(=O)N[C@@H](CCC(N)=O)C(=O)N[C@@H](C)C(=O)N[C@@H](Cc1cnc[nH]1)C(=O)N[C@@H](C)C(=O)O. The molecule has 0 aliphatic carbocycles. The van der Waals surface area contributed by atoms with Crippen molar-refractivity contribution in [2.75, 3.05) is 32.7 Å². The van der Waals surface area contributed by atoms with Crippen molar-refractivity contribution in [2.45, 2.75) is 316 Å². The maximum atomic E-state index is 15.1. The van der Waals surface area contributed by atoms with Gasteiger partial charge < -0.3 is 148 Å². The van der Waals surface area contributed by atoms with Gasteiger partial charge >= 0.3 is 5.97 Å². The standard InChI is InChI=1S/C83H153N31O17/c1-15-45(10)62(76(127)108-55(27-22-34-98-82(91)92)71(122)103-52(24-18-19-31-84)68(119)107-57(29-30-61(86)115)67(118)101-48(13)65(116)109-60(39-50-40-95-41-100-50)73(124)102-49(14)79(130)131)112-72(123)56(28-23-35-99-83(93)94)105-69(120)53(25-20-32-96-80(87)88)104-70(121)54(26-21-33-97-81(89)90)106-74(125)58(37-43(6)7)111-77(128)63(46(11)16-2)114-78(129)64(47(12)17-3)113-75(126)59(38-44(8)9)110-66(117)51(85)36-42(4)5/h40-49,51-60,62-64H,15-39,84-85H2,1-14H3,(H2,86,115)(H,95,100)(H,101,118)(H,102,124)(H,103,122)(H,104,121)(H,105,120)(H,106,125)(H,107,119)(H,108,127)(H,109,116)(H,110,117)(H,111,128)(H,112,123)(H,113,126)(H,114,129)(H,130,131)(H4,87,88,96)(H4,89,90,97)(H4,91,92,98)(H4,93,94,99)/t45-,46-,47-,48-,49-,51-,52-,53-,54-,55-,56-,57-,58-,59-,60-,62-,63-,64-/m0/s1. The molecule has 38 N–H and O–H groups in total. The van der Waals surface area contributed by atoms with Crippen LogP contribution >= 0.6 is 0 Å². The van der Waals surface area contributed by atoms with Crippen LogP contribution < -0.4 is 138 Å². The van der Waals surface area contributed by atoms with Gasteiger partial charge in [0.05, 0.1) is 12.4 Å². The predicted octanol–water partition coefficient (Wildman–Crippen LogP) is -5.92. The number of nitrogens with two attached hydrogens (primary N) is 11. The summed E-state index contributed by atoms with van der Waals surface area (Å²) in [4.78, 5) is 249. The lowest BCUT2D eigenvalue weighted by atomic mass is 9.93. The maximum Gasteiger partial charge on any atom is 0.325 e. The molecule has 0 fully saturated rings. The number of rotatable bonds is 66. The number of carboxylic acid groups (broad SMARTS) is 1. The molecule has 15 amide bonds. The molecule has 0 saturated carbocycles. The molecule has 48 heteroatoms. The van der Waals surface area contributed by atoms with Crippen molar-refractivity contribution in [3.63, 3.8) is 0 Å². The second-order valence-electron chi connectivity index (χ2n) is 34.3. The summed E-state index contributed by atoms with van der Waals surface area (Å²) in [5.74, 6) is -17.8. The van der Waals surface area contributed by atoms with Gasteiger partial charge in [-0.15, -0.1) is 0 Å². The van der Waals surface area contributed by atoms with Crippen molar-refractivity contribution in [1.29, 1.82) is 0 Å². The summed E-state index contributed by atoms with van der Waals surface area (Å²) < 4.78 is 0. The third-order valence-corrected chi connectivity index (χ3v) is 21.4. The summed E-state index contributed by atoms with van der Waals surface area (Å²) in [6.07, 6.45) is 2.63. The fourth-order valence-electron chi connectivity index (χ4n) is 13.3. The minimum atomic E-state index is -1.63. The number of unbranched alkanes of at least 4 members (excludes halogenated alkanes) is 1. The summed E-state index contributed by atoms with van der Waals surface area (Å²) >= 11 is 0. The second-order valence-corrected chi connectivity index (χ2v) is 34.3. The molecule has 0 saturated heterocycles. The molecule has 18 atom stereocenters. The Morgan fingerprint density at radius 3 is 0.954 bits per heavy atom. The number of carboxylic acids is 1. The molecule has 131 heavy (non-hydrogen) atoms. The quantitative estimate of drug-likeness (QED) is 0.0164. The van der Waals surface area contributed by atoms with E-state index in [2.05, 4.69) is 104 Å². The van der Waals surface area contributed by atoms with Crippen molar-refractivity contribution in [3.05, 3.63) is 18.2 Å². The van der Waals surface area contributed by atoms with Gasteiger partial charge in [0.15, 0.2) is 23.8 Å². The van der Waals surface area contributed by atoms with E-state index in [1.807, 2.05) is 34.6 Å². The topological polar surface area (TPSA) is 826 Å². The van der Waals surface area contributed by atoms with Crippen molar-refractivity contribution in [1.82, 2.24) is 84.4 Å². The van der Waals surface area contributed by atoms with E-state index in [1.165, 1.54) is 26.4 Å². The van der Waals surface area contributed by atoms with Gasteiger partial charge in [0.25, 0.3) is 0 Å². The third-order valence-electron chi connectivity index (χ3n) is 21.4. The fraction of sp³-hybridized carbons (Fsp3) is 0.723. The van der Waals surface area contributed by atoms with Crippen LogP contribution in [0.15, 0.2) is 32.5 Å². The number of H-pyrrole nitrogens is 1. The molecule has 0 radical (unpaired) electrons. The Morgan fingerprint density at radius 1 is 0.344 bits per heavy atom. The first kappa shape index (κ1) is 117. The van der Waals surface area contributed by atoms with Gasteiger partial charge in [-0.2, -0.15) is 0 Å². The summed E-state index contributed by atoms with van der Waals surface area (Å²) in [7, 11) is 0. The van der Waals surface area contributed by atoms with Crippen LogP contribution in [0.5, 0.6) is 0 Å². The number of carbonyl (C=O) groups excluding carboxylic acids is 15. The zero-order valence-corrected chi connectivity index (χ0v) is 78.5. The van der Waals surface area contributed by atoms with E-state index in [4.69, 9.17) is 63.1 Å². The highest BCUT2D eigenvalue weighted by Crippen LogP contribution is 2.19. The average Bonchev–Trinajstić information content (AvgIpc) is 1.34. The maximum absolute atomic E-state index is 15.1. The number of hydrogen-bond acceptors (Lipinski definition) is 23. The van der Waals surface area contributed by atoms with Gasteiger partial charge in [0.1, 0.15) is 84.6 Å². The minimum Gasteiger partial charge on any atom is -0.480 e. The molecule has 48 nitrogen and oxygen atoms in total. The van der Waals surface area contributed by atoms with Crippen molar-refractivity contribution in [3.8, 4) is 0 Å². The number of nitrogens with one attached hydrogen (secondary N) is 15. The number of imidazole rings is 1. The van der Waals surface area contributed by atoms with Crippen LogP contribution in [-0.4, -0.2) is 257 Å². The number of amides is 15. The Morgan fingerprint density at radius 2 is 0.626 bits per heavy atom. The number of aliphatic carboxylic acids is 1. The molecule has 1 heterocycles. The van der Waals surface area contributed by atoms with Crippen LogP contribution in [0, 0.1) is 35.5 Å². The van der Waals surface area contributed by atoms with E-state index in [-0.39, 0.29) is 164 Å². The normalized spacial score (nSPS) is 15.3. The lowest BCUT2D eigenvalue weighted by molar-refractivity contribution is -0.142. The summed E-state index contributed by atoms with van der Waals surface area (Å²) in [5.41, 5.74) is 63.3. The van der Waals surface area contributed by atoms with E-state index in [0.717, 1.165) is 0 Å². The molecule has 1 aromatic heterocycles. The van der Waals surface area contributed by atoms with Crippen LogP contribution in [0.3, 0.4) is 0 Å². The Bertz CT molecular complexity index is 3940. The van der Waals surface area contributed by atoms with Crippen LogP contribution in [-0.2, 0) is 83.1 Å². The number of aromatic nitrogens is 2. The Hall–Kier alpha value is -12.3. The first-order valence-corrected chi connectivity index (χ1v) is 44.9. The monoisotopic (exact) mass is 1860 g/mol. The van der Waals surface area contributed by atoms with E-state index < -0.39 is 216 Å². The Balaban J connectivity index is 4.03. The van der Waals surface area contributed by atoms with E-state index in [1.54, 1.807) is 48.5 Å². The molecular formula is C83H153N31O17. The Labute approximate surface area is 766 Å². The smallest absolute Gasteiger partial charge is 0.325 e. The van der Waals surface area contributed by atoms with Gasteiger partial charge in [-0.1, -0.05) is 102 Å². The first-order valence-electron chi connectivity index (χ1n) is 44.9. The highest BCUT2D eigenvalue weighted by molar-refractivity contribution is 6.01. The molecule has 0 aliphatic rings. The van der Waals surface area contributed by atoms with Crippen molar-refractivity contribution >= 4 is 118 Å². The summed E-state index contributed by atoms with van der Waals surface area (Å²) in [5, 5.41) is 46.7. The van der Waals surface area contributed by atoms with E-state index in [9.17, 15) is 62.6 Å². The molecule has 0 unspecified atom stereocenters. The lowest BCUT2D eigenvalue weighted by Crippen LogP contribution is -2.62. The number of nitrogens with zero attached hydrogens (tertiary/aromatic N) is 5. The number of hydrogen-bond donors (Lipinski definition) is 27. The summed E-state index contributed by atoms with van der Waals surface area (Å²) in [6.45, 7) is 23.8. The predicted molar refractivity (Wildman–Crippen MR) is 494 cm³/mol. The average molecular weight is 1860 g/mol. The molecule has 0 bridgehead atoms. The van der Waals surface area contributed by atoms with Gasteiger partial charge in [-0.05, 0) is 152 Å². The molecule has 0 aliphatic heterocycles. The van der Waals surface area contributed by atoms with Crippen LogP contribution in [0.25, 0.3) is 0 Å². The highest BCUT2D eigenvalue weighted by Gasteiger charge is 2.41. The van der Waals surface area contributed by atoms with Crippen molar-refractivity contribution < 1.29 is 81.8 Å². The molecular weight excluding hydrogens is 1700 g/mol. The molecule has 742 valence electrons. The first-order chi connectivity index (χ1) is 61.5. The number of guanidine groups is 4. The summed E-state index contributed by atoms with van der Waals surface area (Å²) in [6, 6.07) is -21.0. The number of aliphatic imine (C=N–C) groups is 4. The van der Waals surface area contributed by atoms with E-state index in [0.29, 0.717) is 31.4 Å². The fourth-order valence-corrected chi connectivity index (χ4v) is 13.3. The van der Waals surface area contributed by atoms with Crippen molar-refractivity contribution in [2.24, 2.45) is 119 Å². The minimum absolute atomic E-state index is 0.00593. The van der Waals surface area contributed by atoms with Gasteiger partial charge in [0.2, 0.25) is 88.6 Å². The molecule has 0 spiro atoms. The van der Waals surface area contributed by atoms with E-state index >= 15 is 19.2 Å².